The lowest BCUT2D eigenvalue weighted by Crippen LogP contribution is -2.26. The third-order valence-electron chi connectivity index (χ3n) is 2.51. The first-order valence-corrected chi connectivity index (χ1v) is 4.67. The Labute approximate surface area is 84.1 Å². The second-order valence-corrected chi connectivity index (χ2v) is 3.87. The van der Waals surface area contributed by atoms with Crippen LogP contribution in [0.5, 0.6) is 0 Å². The molecule has 0 fully saturated rings. The molecule has 0 radical (unpaired) electrons. The largest absolute Gasteiger partial charge is 0.235 e. The van der Waals surface area contributed by atoms with Crippen LogP contribution < -0.4 is 0 Å². The van der Waals surface area contributed by atoms with Gasteiger partial charge in [-0.2, -0.15) is 4.99 Å². The van der Waals surface area contributed by atoms with Crippen molar-refractivity contribution in [1.29, 1.82) is 0 Å². The van der Waals surface area contributed by atoms with E-state index in [1.165, 1.54) is 6.08 Å². The summed E-state index contributed by atoms with van der Waals surface area (Å²) in [7, 11) is 0. The molecule has 1 unspecified atom stereocenters. The van der Waals surface area contributed by atoms with Gasteiger partial charge in [-0.1, -0.05) is 6.92 Å². The average molecular weight is 196 g/mol. The standard InChI is InChI=1S/C10H16N2O2/c1-9(5-4-6-11-7-13)10(2,3)12-8-14/h9H,4-6H2,1-3H3. The summed E-state index contributed by atoms with van der Waals surface area (Å²) in [6.45, 7) is 6.30. The molecule has 0 aliphatic carbocycles. The molecule has 0 aromatic heterocycles. The molecule has 0 saturated carbocycles. The Kier molecular flexibility index (Phi) is 5.70. The molecule has 78 valence electrons. The molecule has 0 saturated heterocycles. The summed E-state index contributed by atoms with van der Waals surface area (Å²) in [5.41, 5.74) is -0.382. The molecule has 4 nitrogen and oxygen atoms in total. The fraction of sp³-hybridized carbons (Fsp3) is 0.800. The van der Waals surface area contributed by atoms with Crippen molar-refractivity contribution in [2.75, 3.05) is 6.54 Å². The zero-order chi connectivity index (χ0) is 11.0. The molecule has 0 aromatic rings. The monoisotopic (exact) mass is 196 g/mol. The van der Waals surface area contributed by atoms with Crippen LogP contribution in [0, 0.1) is 5.92 Å². The minimum atomic E-state index is -0.382. The van der Waals surface area contributed by atoms with Crippen LogP contribution in [0.4, 0.5) is 0 Å². The minimum Gasteiger partial charge on any atom is -0.211 e. The SMILES string of the molecule is CC(CCCN=C=O)C(C)(C)N=C=O. The van der Waals surface area contributed by atoms with Gasteiger partial charge in [-0.15, -0.1) is 0 Å². The maximum absolute atomic E-state index is 10.1. The van der Waals surface area contributed by atoms with Crippen molar-refractivity contribution in [2.24, 2.45) is 15.9 Å². The van der Waals surface area contributed by atoms with Gasteiger partial charge >= 0.3 is 0 Å². The number of hydrogen-bond acceptors (Lipinski definition) is 4. The molecule has 4 heteroatoms. The fourth-order valence-corrected chi connectivity index (χ4v) is 1.10. The van der Waals surface area contributed by atoms with Gasteiger partial charge in [0.2, 0.25) is 12.2 Å². The van der Waals surface area contributed by atoms with Gasteiger partial charge in [-0.3, -0.25) is 0 Å². The first-order chi connectivity index (χ1) is 6.54. The Hall–Kier alpha value is -1.24. The van der Waals surface area contributed by atoms with E-state index in [2.05, 4.69) is 9.98 Å². The van der Waals surface area contributed by atoms with E-state index in [4.69, 9.17) is 0 Å². The van der Waals surface area contributed by atoms with Crippen molar-refractivity contribution >= 4 is 12.2 Å². The lowest BCUT2D eigenvalue weighted by molar-refractivity contribution is 0.323. The zero-order valence-corrected chi connectivity index (χ0v) is 8.91. The normalized spacial score (nSPS) is 12.5. The summed E-state index contributed by atoms with van der Waals surface area (Å²) in [6, 6.07) is 0. The van der Waals surface area contributed by atoms with Gasteiger partial charge in [0, 0.05) is 0 Å². The Bertz CT molecular complexity index is 261. The molecular formula is C10H16N2O2. The van der Waals surface area contributed by atoms with E-state index in [9.17, 15) is 9.59 Å². The Morgan fingerprint density at radius 2 is 1.93 bits per heavy atom. The third-order valence-corrected chi connectivity index (χ3v) is 2.51. The van der Waals surface area contributed by atoms with Gasteiger partial charge in [0.1, 0.15) is 0 Å². The van der Waals surface area contributed by atoms with E-state index >= 15 is 0 Å². The Balaban J connectivity index is 4.00. The maximum atomic E-state index is 10.1. The Morgan fingerprint density at radius 1 is 1.29 bits per heavy atom. The molecule has 0 amide bonds. The number of hydrogen-bond donors (Lipinski definition) is 0. The highest BCUT2D eigenvalue weighted by Gasteiger charge is 2.24. The first-order valence-electron chi connectivity index (χ1n) is 4.67. The van der Waals surface area contributed by atoms with Crippen LogP contribution in [0.1, 0.15) is 33.6 Å². The third kappa shape index (κ3) is 4.70. The Morgan fingerprint density at radius 3 is 2.43 bits per heavy atom. The summed E-state index contributed by atoms with van der Waals surface area (Å²) in [4.78, 5) is 27.1. The van der Waals surface area contributed by atoms with Crippen molar-refractivity contribution in [2.45, 2.75) is 39.2 Å². The highest BCUT2D eigenvalue weighted by Crippen LogP contribution is 2.24. The number of carbonyl (C=O) groups excluding carboxylic acids is 2. The van der Waals surface area contributed by atoms with E-state index in [1.54, 1.807) is 6.08 Å². The number of isocyanates is 2. The lowest BCUT2D eigenvalue weighted by Gasteiger charge is -2.25. The summed E-state index contributed by atoms with van der Waals surface area (Å²) >= 11 is 0. The van der Waals surface area contributed by atoms with Gasteiger partial charge in [-0.25, -0.2) is 14.6 Å². The van der Waals surface area contributed by atoms with Gasteiger partial charge in [0.15, 0.2) is 0 Å². The fourth-order valence-electron chi connectivity index (χ4n) is 1.10. The van der Waals surface area contributed by atoms with Crippen LogP contribution in [0.25, 0.3) is 0 Å². The van der Waals surface area contributed by atoms with E-state index < -0.39 is 0 Å². The first kappa shape index (κ1) is 12.8. The number of nitrogens with zero attached hydrogens (tertiary/aromatic N) is 2. The molecule has 0 aromatic carbocycles. The van der Waals surface area contributed by atoms with Crippen molar-refractivity contribution in [1.82, 2.24) is 0 Å². The molecule has 0 spiro atoms. The van der Waals surface area contributed by atoms with Crippen LogP contribution in [-0.4, -0.2) is 24.2 Å². The van der Waals surface area contributed by atoms with Crippen LogP contribution in [0.15, 0.2) is 9.98 Å². The number of rotatable bonds is 6. The minimum absolute atomic E-state index is 0.269. The topological polar surface area (TPSA) is 58.9 Å². The summed E-state index contributed by atoms with van der Waals surface area (Å²) in [5, 5.41) is 0. The van der Waals surface area contributed by atoms with Crippen LogP contribution in [-0.2, 0) is 9.59 Å². The van der Waals surface area contributed by atoms with Gasteiger partial charge < -0.3 is 0 Å². The molecule has 0 rings (SSSR count). The van der Waals surface area contributed by atoms with Crippen molar-refractivity contribution in [3.8, 4) is 0 Å². The molecule has 0 aliphatic heterocycles. The van der Waals surface area contributed by atoms with Crippen molar-refractivity contribution in [3.05, 3.63) is 0 Å². The predicted octanol–water partition coefficient (Wildman–Crippen LogP) is 1.85. The summed E-state index contributed by atoms with van der Waals surface area (Å²) in [5.74, 6) is 0.269. The molecule has 0 bridgehead atoms. The van der Waals surface area contributed by atoms with Gasteiger partial charge in [0.25, 0.3) is 0 Å². The van der Waals surface area contributed by atoms with E-state index in [1.807, 2.05) is 20.8 Å². The summed E-state index contributed by atoms with van der Waals surface area (Å²) in [6.07, 6.45) is 4.77. The molecule has 0 N–H and O–H groups in total. The van der Waals surface area contributed by atoms with E-state index in [-0.39, 0.29) is 11.5 Å². The van der Waals surface area contributed by atoms with Gasteiger partial charge in [-0.05, 0) is 32.6 Å². The predicted molar refractivity (Wildman–Crippen MR) is 53.6 cm³/mol. The average Bonchev–Trinajstić information content (AvgIpc) is 2.12. The highest BCUT2D eigenvalue weighted by molar-refractivity contribution is 5.34. The van der Waals surface area contributed by atoms with Crippen LogP contribution in [0.3, 0.4) is 0 Å². The highest BCUT2D eigenvalue weighted by atomic mass is 16.1. The van der Waals surface area contributed by atoms with Gasteiger partial charge in [0.05, 0.1) is 12.1 Å². The van der Waals surface area contributed by atoms with E-state index in [0.29, 0.717) is 6.54 Å². The lowest BCUT2D eigenvalue weighted by atomic mass is 9.86. The van der Waals surface area contributed by atoms with Crippen molar-refractivity contribution in [3.63, 3.8) is 0 Å². The van der Waals surface area contributed by atoms with Crippen LogP contribution >= 0.6 is 0 Å². The second kappa shape index (κ2) is 6.25. The molecule has 0 aliphatic rings. The smallest absolute Gasteiger partial charge is 0.211 e. The molecule has 14 heavy (non-hydrogen) atoms. The van der Waals surface area contributed by atoms with Crippen molar-refractivity contribution < 1.29 is 9.59 Å². The molecule has 1 atom stereocenters. The maximum Gasteiger partial charge on any atom is 0.235 e. The molecule has 0 heterocycles. The second-order valence-electron chi connectivity index (χ2n) is 3.87. The summed E-state index contributed by atoms with van der Waals surface area (Å²) < 4.78 is 0. The quantitative estimate of drug-likeness (QED) is 0.370. The molecular weight excluding hydrogens is 180 g/mol. The van der Waals surface area contributed by atoms with E-state index in [0.717, 1.165) is 12.8 Å². The number of aliphatic imine (C=N–C) groups is 2. The zero-order valence-electron chi connectivity index (χ0n) is 8.91. The van der Waals surface area contributed by atoms with Crippen LogP contribution in [0.2, 0.25) is 0 Å².